The lowest BCUT2D eigenvalue weighted by Gasteiger charge is -2.25. The first kappa shape index (κ1) is 15.4. The molecule has 2 fully saturated rings. The monoisotopic (exact) mass is 325 g/mol. The highest BCUT2D eigenvalue weighted by atomic mass is 16.5. The normalized spacial score (nSPS) is 20.2. The molecule has 2 aliphatic rings. The molecule has 0 radical (unpaired) electrons. The van der Waals surface area contributed by atoms with Crippen molar-refractivity contribution in [2.24, 2.45) is 5.92 Å². The second-order valence-electron chi connectivity index (χ2n) is 6.81. The molecular formula is C19H23N3O2. The predicted molar refractivity (Wildman–Crippen MR) is 91.6 cm³/mol. The van der Waals surface area contributed by atoms with Gasteiger partial charge in [-0.25, -0.2) is 4.98 Å². The minimum absolute atomic E-state index is 0.103. The molecular weight excluding hydrogens is 302 g/mol. The highest BCUT2D eigenvalue weighted by Crippen LogP contribution is 2.31. The van der Waals surface area contributed by atoms with Gasteiger partial charge in [0.25, 0.3) is 5.91 Å². The van der Waals surface area contributed by atoms with Crippen LogP contribution in [0.2, 0.25) is 0 Å². The van der Waals surface area contributed by atoms with Gasteiger partial charge in [-0.2, -0.15) is 0 Å². The Morgan fingerprint density at radius 3 is 2.92 bits per heavy atom. The van der Waals surface area contributed by atoms with Crippen LogP contribution in [0.4, 0.5) is 0 Å². The Hall–Kier alpha value is -2.14. The SMILES string of the molecule is O=C(c1cccc(-c2ncc[nH]2)c1)N(CC1CC1)C[C@@H]1CCCO1. The Labute approximate surface area is 142 Å². The van der Waals surface area contributed by atoms with E-state index in [-0.39, 0.29) is 12.0 Å². The Bertz CT molecular complexity index is 688. The highest BCUT2D eigenvalue weighted by molar-refractivity contribution is 5.95. The zero-order valence-electron chi connectivity index (χ0n) is 13.8. The molecule has 1 aliphatic heterocycles. The van der Waals surface area contributed by atoms with Gasteiger partial charge in [-0.1, -0.05) is 12.1 Å². The molecule has 126 valence electrons. The van der Waals surface area contributed by atoms with Crippen LogP contribution in [0.1, 0.15) is 36.0 Å². The summed E-state index contributed by atoms with van der Waals surface area (Å²) in [6, 6.07) is 7.72. The molecule has 0 spiro atoms. The first-order chi connectivity index (χ1) is 11.8. The molecule has 1 aromatic carbocycles. The summed E-state index contributed by atoms with van der Waals surface area (Å²) in [6.45, 7) is 2.38. The maximum absolute atomic E-state index is 13.1. The topological polar surface area (TPSA) is 58.2 Å². The summed E-state index contributed by atoms with van der Waals surface area (Å²) in [5, 5.41) is 0. The van der Waals surface area contributed by atoms with Crippen LogP contribution in [0.15, 0.2) is 36.7 Å². The largest absolute Gasteiger partial charge is 0.376 e. The second-order valence-corrected chi connectivity index (χ2v) is 6.81. The number of amides is 1. The van der Waals surface area contributed by atoms with E-state index in [1.54, 1.807) is 12.4 Å². The number of aromatic nitrogens is 2. The molecule has 2 aromatic rings. The zero-order valence-corrected chi connectivity index (χ0v) is 13.8. The van der Waals surface area contributed by atoms with E-state index in [9.17, 15) is 4.79 Å². The van der Waals surface area contributed by atoms with Gasteiger partial charge in [-0.3, -0.25) is 4.79 Å². The smallest absolute Gasteiger partial charge is 0.253 e. The quantitative estimate of drug-likeness (QED) is 0.888. The summed E-state index contributed by atoms with van der Waals surface area (Å²) >= 11 is 0. The number of H-pyrrole nitrogens is 1. The van der Waals surface area contributed by atoms with Crippen LogP contribution in [0.5, 0.6) is 0 Å². The second kappa shape index (κ2) is 6.77. The minimum Gasteiger partial charge on any atom is -0.376 e. The third-order valence-corrected chi connectivity index (χ3v) is 4.79. The van der Waals surface area contributed by atoms with Crippen molar-refractivity contribution in [3.05, 3.63) is 42.2 Å². The van der Waals surface area contributed by atoms with Gasteiger partial charge in [0.2, 0.25) is 0 Å². The minimum atomic E-state index is 0.103. The number of carbonyl (C=O) groups excluding carboxylic acids is 1. The van der Waals surface area contributed by atoms with E-state index in [4.69, 9.17) is 4.74 Å². The summed E-state index contributed by atoms with van der Waals surface area (Å²) < 4.78 is 5.75. The third kappa shape index (κ3) is 3.51. The van der Waals surface area contributed by atoms with E-state index in [0.717, 1.165) is 42.9 Å². The van der Waals surface area contributed by atoms with Gasteiger partial charge in [0.15, 0.2) is 0 Å². The van der Waals surface area contributed by atoms with E-state index >= 15 is 0 Å². The molecule has 1 saturated heterocycles. The van der Waals surface area contributed by atoms with E-state index in [2.05, 4.69) is 9.97 Å². The molecule has 24 heavy (non-hydrogen) atoms. The summed E-state index contributed by atoms with van der Waals surface area (Å²) in [6.07, 6.45) is 8.34. The van der Waals surface area contributed by atoms with Crippen molar-refractivity contribution in [2.75, 3.05) is 19.7 Å². The Morgan fingerprint density at radius 2 is 2.21 bits per heavy atom. The number of hydrogen-bond donors (Lipinski definition) is 1. The summed E-state index contributed by atoms with van der Waals surface area (Å²) in [5.41, 5.74) is 1.66. The number of ether oxygens (including phenoxy) is 1. The first-order valence-corrected chi connectivity index (χ1v) is 8.80. The van der Waals surface area contributed by atoms with Crippen LogP contribution < -0.4 is 0 Å². The molecule has 5 nitrogen and oxygen atoms in total. The zero-order chi connectivity index (χ0) is 16.4. The number of carbonyl (C=O) groups is 1. The summed E-state index contributed by atoms with van der Waals surface area (Å²) in [5.74, 6) is 1.56. The average Bonchev–Trinajstić information content (AvgIpc) is 3.07. The van der Waals surface area contributed by atoms with E-state index in [1.807, 2.05) is 29.2 Å². The van der Waals surface area contributed by atoms with Gasteiger partial charge in [0.1, 0.15) is 5.82 Å². The van der Waals surface area contributed by atoms with Crippen molar-refractivity contribution in [1.29, 1.82) is 0 Å². The molecule has 1 aromatic heterocycles. The number of nitrogens with one attached hydrogen (secondary N) is 1. The molecule has 5 heteroatoms. The molecule has 1 saturated carbocycles. The lowest BCUT2D eigenvalue weighted by molar-refractivity contribution is 0.0515. The van der Waals surface area contributed by atoms with Gasteiger partial charge >= 0.3 is 0 Å². The van der Waals surface area contributed by atoms with Crippen molar-refractivity contribution in [3.63, 3.8) is 0 Å². The summed E-state index contributed by atoms with van der Waals surface area (Å²) in [4.78, 5) is 22.4. The van der Waals surface area contributed by atoms with E-state index in [1.165, 1.54) is 12.8 Å². The first-order valence-electron chi connectivity index (χ1n) is 8.80. The third-order valence-electron chi connectivity index (χ3n) is 4.79. The Balaban J connectivity index is 1.53. The fraction of sp³-hybridized carbons (Fsp3) is 0.474. The maximum atomic E-state index is 13.1. The van der Waals surface area contributed by atoms with Crippen LogP contribution in [0.3, 0.4) is 0 Å². The van der Waals surface area contributed by atoms with Crippen molar-refractivity contribution < 1.29 is 9.53 Å². The van der Waals surface area contributed by atoms with Crippen molar-refractivity contribution >= 4 is 5.91 Å². The number of imidazole rings is 1. The Morgan fingerprint density at radius 1 is 1.29 bits per heavy atom. The lowest BCUT2D eigenvalue weighted by Crippen LogP contribution is -2.38. The van der Waals surface area contributed by atoms with E-state index < -0.39 is 0 Å². The molecule has 0 bridgehead atoms. The van der Waals surface area contributed by atoms with Crippen LogP contribution in [0.25, 0.3) is 11.4 Å². The van der Waals surface area contributed by atoms with E-state index in [0.29, 0.717) is 12.5 Å². The van der Waals surface area contributed by atoms with Crippen LogP contribution in [-0.2, 0) is 4.74 Å². The molecule has 2 heterocycles. The number of benzene rings is 1. The molecule has 0 unspecified atom stereocenters. The van der Waals surface area contributed by atoms with Crippen LogP contribution >= 0.6 is 0 Å². The number of aromatic amines is 1. The number of nitrogens with zero attached hydrogens (tertiary/aromatic N) is 2. The van der Waals surface area contributed by atoms with Gasteiger partial charge in [-0.05, 0) is 43.7 Å². The number of rotatable bonds is 6. The van der Waals surface area contributed by atoms with Gasteiger partial charge in [0.05, 0.1) is 6.10 Å². The van der Waals surface area contributed by atoms with Gasteiger partial charge in [-0.15, -0.1) is 0 Å². The van der Waals surface area contributed by atoms with Crippen LogP contribution in [0, 0.1) is 5.92 Å². The lowest BCUT2D eigenvalue weighted by atomic mass is 10.1. The van der Waals surface area contributed by atoms with Crippen molar-refractivity contribution in [2.45, 2.75) is 31.8 Å². The Kier molecular flexibility index (Phi) is 4.34. The fourth-order valence-electron chi connectivity index (χ4n) is 3.29. The molecule has 1 N–H and O–H groups in total. The fourth-order valence-corrected chi connectivity index (χ4v) is 3.29. The molecule has 1 aliphatic carbocycles. The molecule has 4 rings (SSSR count). The van der Waals surface area contributed by atoms with Crippen molar-refractivity contribution in [1.82, 2.24) is 14.9 Å². The molecule has 1 amide bonds. The number of hydrogen-bond acceptors (Lipinski definition) is 3. The molecule has 1 atom stereocenters. The average molecular weight is 325 g/mol. The highest BCUT2D eigenvalue weighted by Gasteiger charge is 2.30. The summed E-state index contributed by atoms with van der Waals surface area (Å²) in [7, 11) is 0. The standard InChI is InChI=1S/C19H23N3O2/c23-19(16-4-1-3-15(11-16)18-20-8-9-21-18)22(12-14-6-7-14)13-17-5-2-10-24-17/h1,3-4,8-9,11,14,17H,2,5-7,10,12-13H2,(H,20,21)/t17-/m0/s1. The van der Waals surface area contributed by atoms with Gasteiger partial charge < -0.3 is 14.6 Å². The van der Waals surface area contributed by atoms with Crippen LogP contribution in [-0.4, -0.2) is 46.6 Å². The maximum Gasteiger partial charge on any atom is 0.253 e. The van der Waals surface area contributed by atoms with Crippen molar-refractivity contribution in [3.8, 4) is 11.4 Å². The van der Waals surface area contributed by atoms with Gasteiger partial charge in [0, 0.05) is 43.2 Å². The predicted octanol–water partition coefficient (Wildman–Crippen LogP) is 3.11.